The van der Waals surface area contributed by atoms with E-state index in [2.05, 4.69) is 22.1 Å². The van der Waals surface area contributed by atoms with Crippen LogP contribution in [0.25, 0.3) is 0 Å². The second-order valence-electron chi connectivity index (χ2n) is 6.89. The first kappa shape index (κ1) is 20.3. The summed E-state index contributed by atoms with van der Waals surface area (Å²) in [5, 5.41) is 5.78. The number of nitrogens with one attached hydrogen (secondary N) is 1. The van der Waals surface area contributed by atoms with Gasteiger partial charge in [0, 0.05) is 22.7 Å². The number of halogens is 1. The van der Waals surface area contributed by atoms with Crippen LogP contribution in [-0.2, 0) is 0 Å². The topological polar surface area (TPSA) is 41.3 Å². The van der Waals surface area contributed by atoms with Crippen molar-refractivity contribution in [2.24, 2.45) is 0 Å². The fourth-order valence-corrected chi connectivity index (χ4v) is 4.69. The molecule has 1 N–H and O–H groups in total. The van der Waals surface area contributed by atoms with Crippen LogP contribution in [0.15, 0.2) is 75.2 Å². The Kier molecular flexibility index (Phi) is 6.43. The Bertz CT molecular complexity index is 962. The third-order valence-corrected chi connectivity index (χ3v) is 6.41. The summed E-state index contributed by atoms with van der Waals surface area (Å²) in [6.07, 6.45) is 3.99. The van der Waals surface area contributed by atoms with Gasteiger partial charge >= 0.3 is 0 Å². The van der Waals surface area contributed by atoms with Gasteiger partial charge in [-0.05, 0) is 67.2 Å². The monoisotopic (exact) mass is 443 g/mol. The Morgan fingerprint density at radius 2 is 2.00 bits per heavy atom. The molecule has 0 saturated carbocycles. The quantitative estimate of drug-likeness (QED) is 0.435. The number of unbranched alkanes of at least 4 members (excludes halogenated alkanes) is 1. The maximum atomic E-state index is 6.27. The molecule has 3 aromatic rings. The van der Waals surface area contributed by atoms with E-state index in [1.807, 2.05) is 60.8 Å². The van der Waals surface area contributed by atoms with Crippen molar-refractivity contribution in [2.45, 2.75) is 41.8 Å². The molecule has 4 nitrogen and oxygen atoms in total. The smallest absolute Gasteiger partial charge is 0.170 e. The largest absolute Gasteiger partial charge is 0.452 e. The number of pyridine rings is 1. The van der Waals surface area contributed by atoms with Gasteiger partial charge in [-0.25, -0.2) is 0 Å². The zero-order valence-corrected chi connectivity index (χ0v) is 18.4. The predicted molar refractivity (Wildman–Crippen MR) is 121 cm³/mol. The second kappa shape index (κ2) is 9.20. The minimum atomic E-state index is -0.0416. The Labute approximate surface area is 185 Å². The number of aromatic nitrogens is 1. The van der Waals surface area contributed by atoms with E-state index in [-0.39, 0.29) is 12.1 Å². The predicted octanol–water partition coefficient (Wildman–Crippen LogP) is 6.25. The number of furan rings is 1. The van der Waals surface area contributed by atoms with Crippen molar-refractivity contribution in [1.29, 1.82) is 0 Å². The number of hydrogen-bond donors (Lipinski definition) is 1. The molecule has 3 heterocycles. The molecule has 7 heteroatoms. The van der Waals surface area contributed by atoms with Gasteiger partial charge in [0.15, 0.2) is 10.2 Å². The molecule has 1 aromatic carbocycles. The Balaban J connectivity index is 1.62. The Hall–Kier alpha value is -2.02. The summed E-state index contributed by atoms with van der Waals surface area (Å²) in [5.74, 6) is 0.889. The number of thiocarbonyl (C=S) groups is 1. The summed E-state index contributed by atoms with van der Waals surface area (Å²) in [6, 6.07) is 17.7. The van der Waals surface area contributed by atoms with Gasteiger partial charge in [0.2, 0.25) is 0 Å². The van der Waals surface area contributed by atoms with Gasteiger partial charge in [0.1, 0.15) is 11.8 Å². The van der Waals surface area contributed by atoms with E-state index >= 15 is 0 Å². The molecule has 4 rings (SSSR count). The van der Waals surface area contributed by atoms with E-state index < -0.39 is 0 Å². The van der Waals surface area contributed by atoms with Crippen molar-refractivity contribution < 1.29 is 4.42 Å². The third-order valence-electron chi connectivity index (χ3n) is 4.88. The van der Waals surface area contributed by atoms with Crippen molar-refractivity contribution in [3.63, 3.8) is 0 Å². The molecular weight excluding hydrogens is 422 g/mol. The summed E-state index contributed by atoms with van der Waals surface area (Å²) in [6.45, 7) is 3.07. The summed E-state index contributed by atoms with van der Waals surface area (Å²) < 4.78 is 6.27. The third kappa shape index (κ3) is 4.60. The van der Waals surface area contributed by atoms with Crippen molar-refractivity contribution in [3.8, 4) is 0 Å². The molecule has 0 radical (unpaired) electrons. The highest BCUT2D eigenvalue weighted by Gasteiger charge is 2.41. The van der Waals surface area contributed by atoms with Gasteiger partial charge in [0.05, 0.1) is 11.7 Å². The molecule has 150 valence electrons. The van der Waals surface area contributed by atoms with Crippen LogP contribution >= 0.6 is 35.6 Å². The standard InChI is InChI=1S/C22H22ClN3OS2/c1-2-3-14-26-21(20(25-22(26)28)17-6-4-5-13-24-17)18-11-12-19(27-18)29-16-9-7-15(23)8-10-16/h4-13,20-21H,2-3,14H2,1H3,(H,25,28)/t20-,21+/m0/s1. The van der Waals surface area contributed by atoms with Gasteiger partial charge in [-0.15, -0.1) is 0 Å². The first-order valence-corrected chi connectivity index (χ1v) is 11.3. The van der Waals surface area contributed by atoms with E-state index in [4.69, 9.17) is 28.2 Å². The van der Waals surface area contributed by atoms with Crippen LogP contribution in [0.3, 0.4) is 0 Å². The molecule has 2 atom stereocenters. The maximum Gasteiger partial charge on any atom is 0.170 e. The average Bonchev–Trinajstić information content (AvgIpc) is 3.32. The number of benzene rings is 1. The molecule has 1 saturated heterocycles. The number of nitrogens with zero attached hydrogens (tertiary/aromatic N) is 2. The first-order valence-electron chi connectivity index (χ1n) is 9.67. The lowest BCUT2D eigenvalue weighted by molar-refractivity contribution is 0.257. The minimum Gasteiger partial charge on any atom is -0.452 e. The van der Waals surface area contributed by atoms with E-state index in [1.54, 1.807) is 11.8 Å². The molecule has 0 spiro atoms. The zero-order chi connectivity index (χ0) is 20.2. The molecule has 0 unspecified atom stereocenters. The summed E-state index contributed by atoms with van der Waals surface area (Å²) >= 11 is 13.2. The van der Waals surface area contributed by atoms with Crippen LogP contribution in [0.5, 0.6) is 0 Å². The van der Waals surface area contributed by atoms with Gasteiger partial charge in [-0.1, -0.05) is 42.8 Å². The van der Waals surface area contributed by atoms with Crippen LogP contribution in [0.1, 0.15) is 43.3 Å². The summed E-state index contributed by atoms with van der Waals surface area (Å²) in [5.41, 5.74) is 0.960. The molecule has 2 aromatic heterocycles. The lowest BCUT2D eigenvalue weighted by Crippen LogP contribution is -2.30. The van der Waals surface area contributed by atoms with Crippen LogP contribution in [0.2, 0.25) is 5.02 Å². The lowest BCUT2D eigenvalue weighted by Gasteiger charge is -2.25. The molecule has 0 aliphatic carbocycles. The van der Waals surface area contributed by atoms with Crippen LogP contribution in [-0.4, -0.2) is 21.5 Å². The highest BCUT2D eigenvalue weighted by atomic mass is 35.5. The van der Waals surface area contributed by atoms with Crippen LogP contribution < -0.4 is 5.32 Å². The first-order chi connectivity index (χ1) is 14.2. The van der Waals surface area contributed by atoms with E-state index in [0.29, 0.717) is 0 Å². The fraction of sp³-hybridized carbons (Fsp3) is 0.273. The maximum absolute atomic E-state index is 6.27. The average molecular weight is 444 g/mol. The summed E-state index contributed by atoms with van der Waals surface area (Å²) in [7, 11) is 0. The van der Waals surface area contributed by atoms with Gasteiger partial charge in [-0.2, -0.15) is 0 Å². The molecule has 1 aliphatic heterocycles. The molecule has 0 amide bonds. The zero-order valence-electron chi connectivity index (χ0n) is 16.0. The van der Waals surface area contributed by atoms with Crippen molar-refractivity contribution in [3.05, 3.63) is 77.3 Å². The SMILES string of the molecule is CCCCN1C(=S)N[C@@H](c2ccccn2)[C@H]1c1ccc(Sc2ccc(Cl)cc2)o1. The molecule has 1 aliphatic rings. The molecule has 1 fully saturated rings. The Morgan fingerprint density at radius 1 is 1.17 bits per heavy atom. The normalized spacial score (nSPS) is 18.8. The van der Waals surface area contributed by atoms with Crippen LogP contribution in [0, 0.1) is 0 Å². The lowest BCUT2D eigenvalue weighted by atomic mass is 10.0. The van der Waals surface area contributed by atoms with Crippen molar-refractivity contribution in [1.82, 2.24) is 15.2 Å². The van der Waals surface area contributed by atoms with Gasteiger partial charge in [-0.3, -0.25) is 4.98 Å². The van der Waals surface area contributed by atoms with Crippen LogP contribution in [0.4, 0.5) is 0 Å². The second-order valence-corrected chi connectivity index (χ2v) is 8.79. The molecular formula is C22H22ClN3OS2. The number of rotatable bonds is 7. The highest BCUT2D eigenvalue weighted by molar-refractivity contribution is 7.99. The minimum absolute atomic E-state index is 0.0245. The van der Waals surface area contributed by atoms with Crippen molar-refractivity contribution >= 4 is 40.7 Å². The van der Waals surface area contributed by atoms with E-state index in [9.17, 15) is 0 Å². The van der Waals surface area contributed by atoms with Gasteiger partial charge in [0.25, 0.3) is 0 Å². The van der Waals surface area contributed by atoms with E-state index in [1.165, 1.54) is 0 Å². The molecule has 0 bridgehead atoms. The highest BCUT2D eigenvalue weighted by Crippen LogP contribution is 2.41. The van der Waals surface area contributed by atoms with E-state index in [0.717, 1.165) is 51.0 Å². The fourth-order valence-electron chi connectivity index (χ4n) is 3.45. The molecule has 29 heavy (non-hydrogen) atoms. The summed E-state index contributed by atoms with van der Waals surface area (Å²) in [4.78, 5) is 7.87. The Morgan fingerprint density at radius 3 is 2.72 bits per heavy atom. The van der Waals surface area contributed by atoms with Crippen molar-refractivity contribution in [2.75, 3.05) is 6.54 Å². The van der Waals surface area contributed by atoms with Gasteiger partial charge < -0.3 is 14.6 Å². The number of hydrogen-bond acceptors (Lipinski definition) is 4.